The monoisotopic (exact) mass is 405 g/mol. The molecule has 29 heavy (non-hydrogen) atoms. The molecule has 0 radical (unpaired) electrons. The van der Waals surface area contributed by atoms with Gasteiger partial charge < -0.3 is 14.8 Å². The van der Waals surface area contributed by atoms with E-state index in [1.54, 1.807) is 0 Å². The first-order valence-corrected chi connectivity index (χ1v) is 11.3. The second-order valence-electron chi connectivity index (χ2n) is 10.4. The van der Waals surface area contributed by atoms with E-state index in [2.05, 4.69) is 19.2 Å². The van der Waals surface area contributed by atoms with Crippen LogP contribution < -0.4 is 5.32 Å². The Bertz CT molecular complexity index is 707. The molecule has 6 nitrogen and oxygen atoms in total. The van der Waals surface area contributed by atoms with Crippen molar-refractivity contribution in [1.82, 2.24) is 5.32 Å². The Balaban J connectivity index is 1.53. The number of hydrogen-bond donors (Lipinski definition) is 1. The maximum Gasteiger partial charge on any atom is 0.303 e. The number of ether oxygens (including phenoxy) is 2. The van der Waals surface area contributed by atoms with Gasteiger partial charge in [-0.15, -0.1) is 0 Å². The highest BCUT2D eigenvalue weighted by molar-refractivity contribution is 5.85. The van der Waals surface area contributed by atoms with Gasteiger partial charge in [0.15, 0.2) is 6.10 Å². The SMILES string of the molecule is CC(=O)O[C@H]1CC[C@@]2(C)[C@@H](CC[C@@H]3[C@@H]2CC[C@]2(C)NC(=O)[C@@H](OC(C)=O)C[C@@H]32)C1. The molecule has 0 unspecified atom stereocenters. The van der Waals surface area contributed by atoms with Crippen molar-refractivity contribution in [2.45, 2.75) is 96.8 Å². The van der Waals surface area contributed by atoms with E-state index in [0.29, 0.717) is 30.1 Å². The number of rotatable bonds is 2. The molecule has 1 amide bonds. The largest absolute Gasteiger partial charge is 0.463 e. The Labute approximate surface area is 173 Å². The van der Waals surface area contributed by atoms with E-state index in [0.717, 1.165) is 44.9 Å². The molecule has 162 valence electrons. The van der Waals surface area contributed by atoms with E-state index in [1.165, 1.54) is 13.8 Å². The highest BCUT2D eigenvalue weighted by atomic mass is 16.5. The number of fused-ring (bicyclic) bond motifs is 5. The number of esters is 2. The number of amides is 1. The summed E-state index contributed by atoms with van der Waals surface area (Å²) in [7, 11) is 0. The van der Waals surface area contributed by atoms with Gasteiger partial charge in [-0.25, -0.2) is 0 Å². The Hall–Kier alpha value is -1.59. The number of carbonyl (C=O) groups is 3. The lowest BCUT2D eigenvalue weighted by atomic mass is 9.45. The van der Waals surface area contributed by atoms with Crippen molar-refractivity contribution in [3.63, 3.8) is 0 Å². The van der Waals surface area contributed by atoms with Gasteiger partial charge in [0.1, 0.15) is 6.10 Å². The molecule has 0 spiro atoms. The Morgan fingerprint density at radius 1 is 0.931 bits per heavy atom. The molecule has 6 heteroatoms. The fourth-order valence-electron chi connectivity index (χ4n) is 7.47. The van der Waals surface area contributed by atoms with Gasteiger partial charge in [-0.05, 0) is 87.4 Å². The summed E-state index contributed by atoms with van der Waals surface area (Å²) in [4.78, 5) is 35.4. The number of carbonyl (C=O) groups excluding carboxylic acids is 3. The minimum Gasteiger partial charge on any atom is -0.463 e. The summed E-state index contributed by atoms with van der Waals surface area (Å²) >= 11 is 0. The third-order valence-corrected chi connectivity index (χ3v) is 8.82. The van der Waals surface area contributed by atoms with Gasteiger partial charge in [0.05, 0.1) is 0 Å². The lowest BCUT2D eigenvalue weighted by Gasteiger charge is -2.62. The average Bonchev–Trinajstić information content (AvgIpc) is 2.62. The van der Waals surface area contributed by atoms with Crippen LogP contribution in [-0.4, -0.2) is 35.6 Å². The maximum absolute atomic E-state index is 12.5. The topological polar surface area (TPSA) is 81.7 Å². The zero-order chi connectivity index (χ0) is 21.0. The lowest BCUT2D eigenvalue weighted by molar-refractivity contribution is -0.172. The molecule has 3 aliphatic carbocycles. The summed E-state index contributed by atoms with van der Waals surface area (Å²) in [6.07, 6.45) is 7.47. The second kappa shape index (κ2) is 7.28. The smallest absolute Gasteiger partial charge is 0.303 e. The Morgan fingerprint density at radius 3 is 2.34 bits per heavy atom. The summed E-state index contributed by atoms with van der Waals surface area (Å²) in [5, 5.41) is 3.22. The molecule has 4 fully saturated rings. The van der Waals surface area contributed by atoms with Crippen LogP contribution in [0.4, 0.5) is 0 Å². The second-order valence-corrected chi connectivity index (χ2v) is 10.4. The van der Waals surface area contributed by atoms with Crippen LogP contribution in [0.3, 0.4) is 0 Å². The van der Waals surface area contributed by atoms with Gasteiger partial charge >= 0.3 is 11.9 Å². The zero-order valence-electron chi connectivity index (χ0n) is 18.2. The summed E-state index contributed by atoms with van der Waals surface area (Å²) in [5.41, 5.74) is 0.0618. The normalized spacial score (nSPS) is 46.4. The molecular weight excluding hydrogens is 370 g/mol. The maximum atomic E-state index is 12.5. The third-order valence-electron chi connectivity index (χ3n) is 8.82. The third kappa shape index (κ3) is 3.57. The quantitative estimate of drug-likeness (QED) is 0.713. The molecule has 0 bridgehead atoms. The first-order chi connectivity index (χ1) is 13.6. The van der Waals surface area contributed by atoms with Crippen molar-refractivity contribution in [2.75, 3.05) is 0 Å². The van der Waals surface area contributed by atoms with E-state index in [-0.39, 0.29) is 34.9 Å². The van der Waals surface area contributed by atoms with Crippen LogP contribution in [0.1, 0.15) is 79.1 Å². The van der Waals surface area contributed by atoms with Crippen molar-refractivity contribution in [3.8, 4) is 0 Å². The van der Waals surface area contributed by atoms with Gasteiger partial charge in [0.25, 0.3) is 5.91 Å². The molecule has 1 N–H and O–H groups in total. The van der Waals surface area contributed by atoms with Gasteiger partial charge in [0, 0.05) is 19.4 Å². The molecule has 3 saturated carbocycles. The summed E-state index contributed by atoms with van der Waals surface area (Å²) in [5.74, 6) is 1.39. The summed E-state index contributed by atoms with van der Waals surface area (Å²) in [6, 6.07) is 0. The van der Waals surface area contributed by atoms with Crippen molar-refractivity contribution in [3.05, 3.63) is 0 Å². The van der Waals surface area contributed by atoms with Crippen LogP contribution in [0, 0.1) is 29.1 Å². The lowest BCUT2D eigenvalue weighted by Crippen LogP contribution is -2.66. The fourth-order valence-corrected chi connectivity index (χ4v) is 7.47. The summed E-state index contributed by atoms with van der Waals surface area (Å²) < 4.78 is 10.9. The Morgan fingerprint density at radius 2 is 1.66 bits per heavy atom. The Kier molecular flexibility index (Phi) is 5.19. The average molecular weight is 406 g/mol. The van der Waals surface area contributed by atoms with Crippen LogP contribution in [0.25, 0.3) is 0 Å². The number of hydrogen-bond acceptors (Lipinski definition) is 5. The highest BCUT2D eigenvalue weighted by Gasteiger charge is 2.59. The van der Waals surface area contributed by atoms with Gasteiger partial charge in [0.2, 0.25) is 0 Å². The van der Waals surface area contributed by atoms with Crippen molar-refractivity contribution in [2.24, 2.45) is 29.1 Å². The van der Waals surface area contributed by atoms with E-state index in [4.69, 9.17) is 9.47 Å². The standard InChI is InChI=1S/C23H35NO5/c1-13(25)28-16-7-9-22(3)15(11-16)5-6-17-18(22)8-10-23(4)19(17)12-20(21(27)24-23)29-14(2)26/h15-20H,5-12H2,1-4H3,(H,24,27)/t15-,16-,17+,18-,19-,20-,22-,23-/m0/s1. The molecular formula is C23H35NO5. The molecule has 1 saturated heterocycles. The van der Waals surface area contributed by atoms with Crippen molar-refractivity contribution < 1.29 is 23.9 Å². The van der Waals surface area contributed by atoms with Crippen molar-refractivity contribution >= 4 is 17.8 Å². The molecule has 0 aromatic carbocycles. The fraction of sp³-hybridized carbons (Fsp3) is 0.870. The molecule has 4 rings (SSSR count). The minimum atomic E-state index is -0.658. The van der Waals surface area contributed by atoms with Crippen LogP contribution in [0.15, 0.2) is 0 Å². The molecule has 4 aliphatic rings. The first-order valence-electron chi connectivity index (χ1n) is 11.3. The van der Waals surface area contributed by atoms with Crippen LogP contribution in [-0.2, 0) is 23.9 Å². The van der Waals surface area contributed by atoms with Crippen LogP contribution in [0.2, 0.25) is 0 Å². The number of piperidine rings is 1. The minimum absolute atomic E-state index is 0.0679. The molecule has 1 aliphatic heterocycles. The van der Waals surface area contributed by atoms with E-state index in [9.17, 15) is 14.4 Å². The van der Waals surface area contributed by atoms with Crippen LogP contribution in [0.5, 0.6) is 0 Å². The van der Waals surface area contributed by atoms with E-state index in [1.807, 2.05) is 0 Å². The molecule has 0 aromatic rings. The van der Waals surface area contributed by atoms with Gasteiger partial charge in [-0.1, -0.05) is 6.92 Å². The van der Waals surface area contributed by atoms with E-state index < -0.39 is 6.10 Å². The highest BCUT2D eigenvalue weighted by Crippen LogP contribution is 2.62. The first kappa shape index (κ1) is 20.7. The zero-order valence-corrected chi connectivity index (χ0v) is 18.2. The molecule has 8 atom stereocenters. The predicted octanol–water partition coefficient (Wildman–Crippen LogP) is 3.37. The van der Waals surface area contributed by atoms with Gasteiger partial charge in [-0.2, -0.15) is 0 Å². The molecule has 0 aromatic heterocycles. The van der Waals surface area contributed by atoms with Gasteiger partial charge in [-0.3, -0.25) is 14.4 Å². The predicted molar refractivity (Wildman–Crippen MR) is 107 cm³/mol. The van der Waals surface area contributed by atoms with E-state index >= 15 is 0 Å². The molecule has 1 heterocycles. The summed E-state index contributed by atoms with van der Waals surface area (Å²) in [6.45, 7) is 7.51. The van der Waals surface area contributed by atoms with Crippen LogP contribution >= 0.6 is 0 Å². The number of nitrogens with one attached hydrogen (secondary N) is 1. The van der Waals surface area contributed by atoms with Crippen molar-refractivity contribution in [1.29, 1.82) is 0 Å².